The van der Waals surface area contributed by atoms with Gasteiger partial charge in [-0.1, -0.05) is 6.07 Å². The first kappa shape index (κ1) is 12.1. The molecule has 16 heavy (non-hydrogen) atoms. The molecular weight excluding hydrogens is 269 g/mol. The van der Waals surface area contributed by atoms with Gasteiger partial charge in [0.15, 0.2) is 0 Å². The highest BCUT2D eigenvalue weighted by molar-refractivity contribution is 9.10. The molecule has 2 rings (SSSR count). The molecule has 1 nitrogen and oxygen atoms in total. The lowest BCUT2D eigenvalue weighted by Crippen LogP contribution is -2.29. The highest BCUT2D eigenvalue weighted by Crippen LogP contribution is 2.33. The van der Waals surface area contributed by atoms with Gasteiger partial charge in [0.25, 0.3) is 0 Å². The summed E-state index contributed by atoms with van der Waals surface area (Å²) < 4.78 is 14.0. The molecular formula is C13H17BrFN. The van der Waals surface area contributed by atoms with Gasteiger partial charge in [0.1, 0.15) is 5.82 Å². The fourth-order valence-corrected chi connectivity index (χ4v) is 2.73. The molecule has 3 heteroatoms. The first-order valence-electron chi connectivity index (χ1n) is 5.83. The number of rotatable bonds is 2. The fraction of sp³-hybridized carbons (Fsp3) is 0.538. The molecule has 1 fully saturated rings. The molecule has 0 amide bonds. The van der Waals surface area contributed by atoms with Crippen LogP contribution in [-0.2, 0) is 0 Å². The van der Waals surface area contributed by atoms with E-state index in [1.165, 1.54) is 12.8 Å². The van der Waals surface area contributed by atoms with Gasteiger partial charge in [0.2, 0.25) is 0 Å². The lowest BCUT2D eigenvalue weighted by atomic mass is 9.82. The van der Waals surface area contributed by atoms with Gasteiger partial charge in [-0.2, -0.15) is 0 Å². The van der Waals surface area contributed by atoms with Crippen LogP contribution in [0.2, 0.25) is 0 Å². The molecule has 1 saturated carbocycles. The SMILES string of the molecule is CNC1CCC(c2ccc(Br)c(F)c2)CC1. The van der Waals surface area contributed by atoms with E-state index in [1.807, 2.05) is 19.2 Å². The summed E-state index contributed by atoms with van der Waals surface area (Å²) >= 11 is 3.19. The summed E-state index contributed by atoms with van der Waals surface area (Å²) in [4.78, 5) is 0. The van der Waals surface area contributed by atoms with Crippen LogP contribution in [0.4, 0.5) is 4.39 Å². The van der Waals surface area contributed by atoms with Gasteiger partial charge in [-0.15, -0.1) is 0 Å². The summed E-state index contributed by atoms with van der Waals surface area (Å²) in [5.74, 6) is 0.389. The molecule has 0 bridgehead atoms. The van der Waals surface area contributed by atoms with Crippen molar-refractivity contribution >= 4 is 15.9 Å². The molecule has 1 aromatic rings. The molecule has 0 radical (unpaired) electrons. The highest BCUT2D eigenvalue weighted by atomic mass is 79.9. The van der Waals surface area contributed by atoms with Crippen LogP contribution in [0, 0.1) is 5.82 Å². The van der Waals surface area contributed by atoms with Gasteiger partial charge in [0, 0.05) is 6.04 Å². The number of benzene rings is 1. The average Bonchev–Trinajstić information content (AvgIpc) is 2.33. The number of halogens is 2. The topological polar surface area (TPSA) is 12.0 Å². The van der Waals surface area contributed by atoms with Gasteiger partial charge in [-0.3, -0.25) is 0 Å². The third-order valence-corrected chi connectivity index (χ3v) is 4.19. The maximum atomic E-state index is 13.4. The van der Waals surface area contributed by atoms with Crippen molar-refractivity contribution < 1.29 is 4.39 Å². The Hall–Kier alpha value is -0.410. The predicted octanol–water partition coefficient (Wildman–Crippen LogP) is 3.83. The Morgan fingerprint density at radius 1 is 1.25 bits per heavy atom. The van der Waals surface area contributed by atoms with Crippen LogP contribution in [0.25, 0.3) is 0 Å². The zero-order valence-corrected chi connectivity index (χ0v) is 11.1. The molecule has 0 atom stereocenters. The zero-order chi connectivity index (χ0) is 11.5. The normalized spacial score (nSPS) is 25.7. The molecule has 1 N–H and O–H groups in total. The van der Waals surface area contributed by atoms with Gasteiger partial charge < -0.3 is 5.32 Å². The number of hydrogen-bond acceptors (Lipinski definition) is 1. The Kier molecular flexibility index (Phi) is 3.98. The van der Waals surface area contributed by atoms with E-state index in [4.69, 9.17) is 0 Å². The molecule has 1 aliphatic carbocycles. The summed E-state index contributed by atoms with van der Waals surface area (Å²) in [5, 5.41) is 3.31. The van der Waals surface area contributed by atoms with E-state index in [0.717, 1.165) is 18.4 Å². The predicted molar refractivity (Wildman–Crippen MR) is 68.2 cm³/mol. The minimum atomic E-state index is -0.145. The Balaban J connectivity index is 2.05. The highest BCUT2D eigenvalue weighted by Gasteiger charge is 2.21. The minimum absolute atomic E-state index is 0.145. The lowest BCUT2D eigenvalue weighted by Gasteiger charge is -2.28. The van der Waals surface area contributed by atoms with E-state index in [2.05, 4.69) is 21.2 Å². The first-order chi connectivity index (χ1) is 7.70. The number of hydrogen-bond donors (Lipinski definition) is 1. The van der Waals surface area contributed by atoms with Crippen LogP contribution in [0.5, 0.6) is 0 Å². The second-order valence-corrected chi connectivity index (χ2v) is 5.37. The largest absolute Gasteiger partial charge is 0.317 e. The molecule has 0 aromatic heterocycles. The second-order valence-electron chi connectivity index (χ2n) is 4.51. The molecule has 0 aliphatic heterocycles. The van der Waals surface area contributed by atoms with Crippen LogP contribution >= 0.6 is 15.9 Å². The zero-order valence-electron chi connectivity index (χ0n) is 9.47. The molecule has 1 aliphatic rings. The summed E-state index contributed by atoms with van der Waals surface area (Å²) in [5.41, 5.74) is 1.15. The fourth-order valence-electron chi connectivity index (χ4n) is 2.48. The lowest BCUT2D eigenvalue weighted by molar-refractivity contribution is 0.358. The second kappa shape index (κ2) is 5.28. The Morgan fingerprint density at radius 2 is 1.94 bits per heavy atom. The summed E-state index contributed by atoms with van der Waals surface area (Å²) in [6.45, 7) is 0. The van der Waals surface area contributed by atoms with Crippen LogP contribution in [0.1, 0.15) is 37.2 Å². The van der Waals surface area contributed by atoms with E-state index in [0.29, 0.717) is 16.4 Å². The molecule has 0 spiro atoms. The molecule has 0 heterocycles. The van der Waals surface area contributed by atoms with Crippen molar-refractivity contribution in [3.8, 4) is 0 Å². The van der Waals surface area contributed by atoms with Gasteiger partial charge >= 0.3 is 0 Å². The van der Waals surface area contributed by atoms with Crippen LogP contribution in [-0.4, -0.2) is 13.1 Å². The van der Waals surface area contributed by atoms with Crippen molar-refractivity contribution in [3.05, 3.63) is 34.1 Å². The standard InChI is InChI=1S/C13H17BrFN/c1-16-11-5-2-9(3-6-11)10-4-7-12(14)13(15)8-10/h4,7-9,11,16H,2-3,5-6H2,1H3. The third kappa shape index (κ3) is 2.64. The van der Waals surface area contributed by atoms with Crippen molar-refractivity contribution in [2.75, 3.05) is 7.05 Å². The van der Waals surface area contributed by atoms with E-state index in [-0.39, 0.29) is 5.82 Å². The van der Waals surface area contributed by atoms with Crippen molar-refractivity contribution in [2.24, 2.45) is 0 Å². The molecule has 0 saturated heterocycles. The van der Waals surface area contributed by atoms with E-state index in [9.17, 15) is 4.39 Å². The van der Waals surface area contributed by atoms with Crippen LogP contribution < -0.4 is 5.32 Å². The smallest absolute Gasteiger partial charge is 0.137 e. The van der Waals surface area contributed by atoms with Gasteiger partial charge in [-0.25, -0.2) is 4.39 Å². The van der Waals surface area contributed by atoms with E-state index < -0.39 is 0 Å². The van der Waals surface area contributed by atoms with E-state index >= 15 is 0 Å². The Labute approximate surface area is 105 Å². The summed E-state index contributed by atoms with van der Waals surface area (Å²) in [6, 6.07) is 6.18. The summed E-state index contributed by atoms with van der Waals surface area (Å²) in [7, 11) is 2.02. The summed E-state index contributed by atoms with van der Waals surface area (Å²) in [6.07, 6.45) is 4.71. The van der Waals surface area contributed by atoms with Crippen molar-refractivity contribution in [2.45, 2.75) is 37.6 Å². The van der Waals surface area contributed by atoms with Crippen molar-refractivity contribution in [3.63, 3.8) is 0 Å². The average molecular weight is 286 g/mol. The number of nitrogens with one attached hydrogen (secondary N) is 1. The Bertz CT molecular complexity index is 359. The molecule has 1 aromatic carbocycles. The maximum Gasteiger partial charge on any atom is 0.137 e. The maximum absolute atomic E-state index is 13.4. The molecule has 0 unspecified atom stereocenters. The van der Waals surface area contributed by atoms with Crippen molar-refractivity contribution in [1.29, 1.82) is 0 Å². The Morgan fingerprint density at radius 3 is 2.50 bits per heavy atom. The van der Waals surface area contributed by atoms with Crippen LogP contribution in [0.15, 0.2) is 22.7 Å². The third-order valence-electron chi connectivity index (χ3n) is 3.55. The van der Waals surface area contributed by atoms with Gasteiger partial charge in [-0.05, 0) is 72.3 Å². The van der Waals surface area contributed by atoms with Crippen molar-refractivity contribution in [1.82, 2.24) is 5.32 Å². The minimum Gasteiger partial charge on any atom is -0.317 e. The van der Waals surface area contributed by atoms with Gasteiger partial charge in [0.05, 0.1) is 4.47 Å². The molecule has 88 valence electrons. The first-order valence-corrected chi connectivity index (χ1v) is 6.62. The van der Waals surface area contributed by atoms with Crippen LogP contribution in [0.3, 0.4) is 0 Å². The van der Waals surface area contributed by atoms with E-state index in [1.54, 1.807) is 6.07 Å². The monoisotopic (exact) mass is 285 g/mol. The quantitative estimate of drug-likeness (QED) is 0.871.